The summed E-state index contributed by atoms with van der Waals surface area (Å²) in [5.74, 6) is 1.89. The zero-order chi connectivity index (χ0) is 16.8. The summed E-state index contributed by atoms with van der Waals surface area (Å²) in [7, 11) is 0. The molecule has 3 N–H and O–H groups in total. The summed E-state index contributed by atoms with van der Waals surface area (Å²) in [6, 6.07) is 17.6. The quantitative estimate of drug-likeness (QED) is 0.793. The van der Waals surface area contributed by atoms with Crippen molar-refractivity contribution >= 4 is 23.5 Å². The number of rotatable bonds is 4. The number of carbonyl (C=O) groups excluding carboxylic acids is 1. The smallest absolute Gasteiger partial charge is 0.319 e. The highest BCUT2D eigenvalue weighted by Gasteiger charge is 2.29. The predicted octanol–water partition coefficient (Wildman–Crippen LogP) is 3.73. The fraction of sp³-hybridized carbons (Fsp3) is 0.316. The maximum Gasteiger partial charge on any atom is 0.319 e. The molecule has 0 spiro atoms. The Kier molecular flexibility index (Phi) is 5.43. The summed E-state index contributed by atoms with van der Waals surface area (Å²) < 4.78 is 0. The lowest BCUT2D eigenvalue weighted by Crippen LogP contribution is -2.46. The van der Waals surface area contributed by atoms with E-state index < -0.39 is 5.60 Å². The minimum atomic E-state index is -0.764. The van der Waals surface area contributed by atoms with E-state index >= 15 is 0 Å². The van der Waals surface area contributed by atoms with Gasteiger partial charge in [-0.15, -0.1) is 0 Å². The van der Waals surface area contributed by atoms with Crippen LogP contribution in [-0.4, -0.2) is 34.8 Å². The molecular formula is C19H22N2O2S. The molecule has 0 radical (unpaired) electrons. The Bertz CT molecular complexity index is 668. The van der Waals surface area contributed by atoms with Gasteiger partial charge in [-0.25, -0.2) is 4.79 Å². The maximum atomic E-state index is 12.0. The first kappa shape index (κ1) is 16.9. The largest absolute Gasteiger partial charge is 0.388 e. The second-order valence-corrected chi connectivity index (χ2v) is 7.31. The van der Waals surface area contributed by atoms with Crippen LogP contribution in [0.3, 0.4) is 0 Å². The van der Waals surface area contributed by atoms with Crippen molar-refractivity contribution in [2.45, 2.75) is 18.4 Å². The number of aliphatic hydroxyl groups is 1. The predicted molar refractivity (Wildman–Crippen MR) is 100 cm³/mol. The standard InChI is InChI=1S/C19H22N2O2S/c22-18(20-14-19(23)10-12-24-13-11-19)21-17-8-6-16(7-9-17)15-4-2-1-3-5-15/h1-9,23H,10-14H2,(H2,20,21,22). The highest BCUT2D eigenvalue weighted by atomic mass is 32.2. The number of hydrogen-bond acceptors (Lipinski definition) is 3. The van der Waals surface area contributed by atoms with E-state index in [1.165, 1.54) is 0 Å². The second-order valence-electron chi connectivity index (χ2n) is 6.09. The Balaban J connectivity index is 1.53. The fourth-order valence-corrected chi connectivity index (χ4v) is 3.98. The number of nitrogens with one attached hydrogen (secondary N) is 2. The van der Waals surface area contributed by atoms with Crippen LogP contribution >= 0.6 is 11.8 Å². The van der Waals surface area contributed by atoms with E-state index in [1.807, 2.05) is 54.2 Å². The Hall–Kier alpha value is -1.98. The van der Waals surface area contributed by atoms with Gasteiger partial charge in [0.05, 0.1) is 5.60 Å². The van der Waals surface area contributed by atoms with Crippen LogP contribution in [0.25, 0.3) is 11.1 Å². The number of hydrogen-bond donors (Lipinski definition) is 3. The summed E-state index contributed by atoms with van der Waals surface area (Å²) in [6.07, 6.45) is 1.45. The number of urea groups is 1. The van der Waals surface area contributed by atoms with E-state index in [1.54, 1.807) is 0 Å². The first-order chi connectivity index (χ1) is 11.6. The zero-order valence-electron chi connectivity index (χ0n) is 13.5. The van der Waals surface area contributed by atoms with Gasteiger partial charge in [0, 0.05) is 12.2 Å². The molecule has 2 aromatic carbocycles. The van der Waals surface area contributed by atoms with Crippen LogP contribution in [0.4, 0.5) is 10.5 Å². The number of thioether (sulfide) groups is 1. The lowest BCUT2D eigenvalue weighted by Gasteiger charge is -2.31. The van der Waals surface area contributed by atoms with Gasteiger partial charge >= 0.3 is 6.03 Å². The maximum absolute atomic E-state index is 12.0. The van der Waals surface area contributed by atoms with Crippen molar-refractivity contribution in [3.05, 3.63) is 54.6 Å². The molecule has 1 saturated heterocycles. The van der Waals surface area contributed by atoms with Gasteiger partial charge < -0.3 is 15.7 Å². The molecule has 0 saturated carbocycles. The van der Waals surface area contributed by atoms with Crippen molar-refractivity contribution in [3.63, 3.8) is 0 Å². The van der Waals surface area contributed by atoms with Gasteiger partial charge in [-0.3, -0.25) is 0 Å². The van der Waals surface area contributed by atoms with E-state index in [0.717, 1.165) is 41.2 Å². The number of amides is 2. The van der Waals surface area contributed by atoms with Gasteiger partial charge in [0.1, 0.15) is 0 Å². The minimum absolute atomic E-state index is 0.283. The molecule has 0 atom stereocenters. The van der Waals surface area contributed by atoms with Crippen LogP contribution in [-0.2, 0) is 0 Å². The van der Waals surface area contributed by atoms with E-state index in [2.05, 4.69) is 22.8 Å². The Morgan fingerprint density at radius 3 is 2.29 bits per heavy atom. The van der Waals surface area contributed by atoms with Crippen molar-refractivity contribution in [2.75, 3.05) is 23.4 Å². The Morgan fingerprint density at radius 1 is 1.00 bits per heavy atom. The molecule has 0 bridgehead atoms. The molecule has 5 heteroatoms. The SMILES string of the molecule is O=C(NCC1(O)CCSCC1)Nc1ccc(-c2ccccc2)cc1. The topological polar surface area (TPSA) is 61.4 Å². The summed E-state index contributed by atoms with van der Waals surface area (Å²) in [5.41, 5.74) is 2.22. The molecule has 0 unspecified atom stereocenters. The van der Waals surface area contributed by atoms with Gasteiger partial charge in [-0.1, -0.05) is 42.5 Å². The van der Waals surface area contributed by atoms with Gasteiger partial charge in [0.15, 0.2) is 0 Å². The van der Waals surface area contributed by atoms with E-state index in [4.69, 9.17) is 0 Å². The summed E-state index contributed by atoms with van der Waals surface area (Å²) in [5, 5.41) is 16.0. The number of anilines is 1. The minimum Gasteiger partial charge on any atom is -0.388 e. The van der Waals surface area contributed by atoms with Crippen molar-refractivity contribution < 1.29 is 9.90 Å². The molecule has 2 amide bonds. The summed E-state index contributed by atoms with van der Waals surface area (Å²) in [6.45, 7) is 0.293. The Labute approximate surface area is 146 Å². The van der Waals surface area contributed by atoms with E-state index in [-0.39, 0.29) is 6.03 Å². The van der Waals surface area contributed by atoms with Gasteiger partial charge in [-0.2, -0.15) is 11.8 Å². The monoisotopic (exact) mass is 342 g/mol. The first-order valence-electron chi connectivity index (χ1n) is 8.15. The van der Waals surface area contributed by atoms with Crippen LogP contribution in [0, 0.1) is 0 Å². The third kappa shape index (κ3) is 4.52. The number of benzene rings is 2. The average molecular weight is 342 g/mol. The molecule has 0 aliphatic carbocycles. The Morgan fingerprint density at radius 2 is 1.62 bits per heavy atom. The third-order valence-corrected chi connectivity index (χ3v) is 5.24. The molecule has 1 heterocycles. The first-order valence-corrected chi connectivity index (χ1v) is 9.31. The molecule has 126 valence electrons. The molecule has 1 aliphatic heterocycles. The lowest BCUT2D eigenvalue weighted by molar-refractivity contribution is 0.0351. The van der Waals surface area contributed by atoms with Gasteiger partial charge in [-0.05, 0) is 47.6 Å². The van der Waals surface area contributed by atoms with Gasteiger partial charge in [0.2, 0.25) is 0 Å². The normalized spacial score (nSPS) is 16.4. The second kappa shape index (κ2) is 7.73. The number of carbonyl (C=O) groups is 1. The van der Waals surface area contributed by atoms with Crippen LogP contribution in [0.1, 0.15) is 12.8 Å². The van der Waals surface area contributed by atoms with Crippen LogP contribution in [0.5, 0.6) is 0 Å². The van der Waals surface area contributed by atoms with Crippen molar-refractivity contribution in [3.8, 4) is 11.1 Å². The van der Waals surface area contributed by atoms with Crippen molar-refractivity contribution in [2.24, 2.45) is 0 Å². The molecular weight excluding hydrogens is 320 g/mol. The fourth-order valence-electron chi connectivity index (χ4n) is 2.72. The summed E-state index contributed by atoms with van der Waals surface area (Å²) >= 11 is 1.85. The highest BCUT2D eigenvalue weighted by molar-refractivity contribution is 7.99. The molecule has 2 aromatic rings. The van der Waals surface area contributed by atoms with E-state index in [9.17, 15) is 9.90 Å². The van der Waals surface area contributed by atoms with E-state index in [0.29, 0.717) is 6.54 Å². The zero-order valence-corrected chi connectivity index (χ0v) is 14.3. The van der Waals surface area contributed by atoms with Crippen LogP contribution in [0.2, 0.25) is 0 Å². The molecule has 1 fully saturated rings. The van der Waals surface area contributed by atoms with Crippen LogP contribution in [0.15, 0.2) is 54.6 Å². The summed E-state index contributed by atoms with van der Waals surface area (Å²) in [4.78, 5) is 12.0. The van der Waals surface area contributed by atoms with Crippen molar-refractivity contribution in [1.82, 2.24) is 5.32 Å². The average Bonchev–Trinajstić information content (AvgIpc) is 2.62. The molecule has 0 aromatic heterocycles. The third-order valence-electron chi connectivity index (χ3n) is 4.25. The molecule has 1 aliphatic rings. The van der Waals surface area contributed by atoms with Crippen LogP contribution < -0.4 is 10.6 Å². The van der Waals surface area contributed by atoms with Crippen molar-refractivity contribution in [1.29, 1.82) is 0 Å². The molecule has 4 nitrogen and oxygen atoms in total. The molecule has 3 rings (SSSR count). The van der Waals surface area contributed by atoms with Gasteiger partial charge in [0.25, 0.3) is 0 Å². The molecule has 24 heavy (non-hydrogen) atoms. The lowest BCUT2D eigenvalue weighted by atomic mass is 9.97. The highest BCUT2D eigenvalue weighted by Crippen LogP contribution is 2.26.